The van der Waals surface area contributed by atoms with Gasteiger partial charge in [-0.05, 0) is 38.1 Å². The van der Waals surface area contributed by atoms with Crippen molar-refractivity contribution in [2.45, 2.75) is 12.8 Å². The lowest BCUT2D eigenvalue weighted by Gasteiger charge is -2.30. The second kappa shape index (κ2) is 5.65. The minimum absolute atomic E-state index is 0.789. The summed E-state index contributed by atoms with van der Waals surface area (Å²) in [5.41, 5.74) is 2.46. The van der Waals surface area contributed by atoms with E-state index in [4.69, 9.17) is 4.74 Å². The number of hydrogen-bond donors (Lipinski definition) is 0. The molecule has 2 heterocycles. The zero-order valence-electron chi connectivity index (χ0n) is 13.1. The van der Waals surface area contributed by atoms with E-state index in [1.807, 2.05) is 0 Å². The fourth-order valence-corrected chi connectivity index (χ4v) is 3.39. The molecule has 22 heavy (non-hydrogen) atoms. The van der Waals surface area contributed by atoms with Crippen LogP contribution in [0.2, 0.25) is 0 Å². The number of aryl methyl sites for hydroxylation is 1. The van der Waals surface area contributed by atoms with E-state index in [-0.39, 0.29) is 0 Å². The molecule has 3 aromatic rings. The third-order valence-electron chi connectivity index (χ3n) is 4.71. The predicted octanol–water partition coefficient (Wildman–Crippen LogP) is 3.81. The van der Waals surface area contributed by atoms with E-state index in [1.54, 1.807) is 0 Å². The highest BCUT2D eigenvalue weighted by Gasteiger charge is 2.14. The van der Waals surface area contributed by atoms with E-state index in [0.717, 1.165) is 25.3 Å². The molecule has 114 valence electrons. The van der Waals surface area contributed by atoms with E-state index in [1.165, 1.54) is 41.3 Å². The number of benzene rings is 2. The Bertz CT molecular complexity index is 802. The Morgan fingerprint density at radius 1 is 1.00 bits per heavy atom. The van der Waals surface area contributed by atoms with Gasteiger partial charge in [-0.1, -0.05) is 30.3 Å². The number of nitrogens with zero attached hydrogens (tertiary/aromatic N) is 2. The second-order valence-electron chi connectivity index (χ2n) is 6.13. The third-order valence-corrected chi connectivity index (χ3v) is 4.71. The van der Waals surface area contributed by atoms with Gasteiger partial charge in [0.2, 0.25) is 0 Å². The zero-order valence-corrected chi connectivity index (χ0v) is 13.1. The fourth-order valence-electron chi connectivity index (χ4n) is 3.39. The first kappa shape index (κ1) is 13.6. The summed E-state index contributed by atoms with van der Waals surface area (Å²) >= 11 is 0. The quantitative estimate of drug-likeness (QED) is 0.666. The smallest absolute Gasteiger partial charge is 0.143 e. The summed E-state index contributed by atoms with van der Waals surface area (Å²) in [6, 6.07) is 14.9. The first-order valence-electron chi connectivity index (χ1n) is 8.16. The van der Waals surface area contributed by atoms with Crippen LogP contribution in [0.1, 0.15) is 12.8 Å². The zero-order chi connectivity index (χ0) is 14.9. The molecule has 0 saturated carbocycles. The molecular formula is C19H22N2O. The average molecular weight is 294 g/mol. The molecule has 0 spiro atoms. The van der Waals surface area contributed by atoms with Crippen LogP contribution in [-0.2, 0) is 7.05 Å². The molecule has 0 amide bonds. The fraction of sp³-hybridized carbons (Fsp3) is 0.368. The van der Waals surface area contributed by atoms with Crippen LogP contribution in [0.3, 0.4) is 0 Å². The SMILES string of the molecule is Cn1c2ccccc2c2cccc(OCCCN3CCC3)c21. The molecule has 1 aromatic heterocycles. The monoisotopic (exact) mass is 294 g/mol. The van der Waals surface area contributed by atoms with Gasteiger partial charge in [-0.25, -0.2) is 0 Å². The van der Waals surface area contributed by atoms with Gasteiger partial charge >= 0.3 is 0 Å². The molecule has 3 nitrogen and oxygen atoms in total. The number of para-hydroxylation sites is 2. The minimum atomic E-state index is 0.789. The highest BCUT2D eigenvalue weighted by molar-refractivity contribution is 6.09. The van der Waals surface area contributed by atoms with Crippen LogP contribution in [0.4, 0.5) is 0 Å². The van der Waals surface area contributed by atoms with Crippen molar-refractivity contribution in [2.24, 2.45) is 7.05 Å². The molecule has 0 bridgehead atoms. The van der Waals surface area contributed by atoms with Crippen LogP contribution < -0.4 is 4.74 Å². The first-order valence-corrected chi connectivity index (χ1v) is 8.16. The van der Waals surface area contributed by atoms with E-state index < -0.39 is 0 Å². The lowest BCUT2D eigenvalue weighted by atomic mass is 10.1. The van der Waals surface area contributed by atoms with Gasteiger partial charge in [-0.15, -0.1) is 0 Å². The molecule has 3 heteroatoms. The summed E-state index contributed by atoms with van der Waals surface area (Å²) in [5, 5.41) is 2.57. The normalized spacial score (nSPS) is 15.3. The summed E-state index contributed by atoms with van der Waals surface area (Å²) in [4.78, 5) is 2.49. The van der Waals surface area contributed by atoms with Gasteiger partial charge in [0, 0.05) is 29.9 Å². The Morgan fingerprint density at radius 2 is 1.82 bits per heavy atom. The van der Waals surface area contributed by atoms with Gasteiger partial charge in [0.1, 0.15) is 5.75 Å². The molecular weight excluding hydrogens is 272 g/mol. The maximum atomic E-state index is 6.10. The number of aromatic nitrogens is 1. The van der Waals surface area contributed by atoms with Crippen LogP contribution in [0.5, 0.6) is 5.75 Å². The number of ether oxygens (including phenoxy) is 1. The van der Waals surface area contributed by atoms with Crippen molar-refractivity contribution in [1.82, 2.24) is 9.47 Å². The van der Waals surface area contributed by atoms with Crippen LogP contribution in [0.15, 0.2) is 42.5 Å². The van der Waals surface area contributed by atoms with Gasteiger partial charge in [-0.2, -0.15) is 0 Å². The molecule has 0 N–H and O–H groups in total. The maximum absolute atomic E-state index is 6.10. The van der Waals surface area contributed by atoms with E-state index in [2.05, 4.69) is 59.0 Å². The minimum Gasteiger partial charge on any atom is -0.491 e. The first-order chi connectivity index (χ1) is 10.8. The van der Waals surface area contributed by atoms with Crippen LogP contribution in [0, 0.1) is 0 Å². The number of rotatable bonds is 5. The second-order valence-corrected chi connectivity index (χ2v) is 6.13. The predicted molar refractivity (Wildman–Crippen MR) is 91.6 cm³/mol. The molecule has 2 aromatic carbocycles. The van der Waals surface area contributed by atoms with Crippen molar-refractivity contribution in [1.29, 1.82) is 0 Å². The third kappa shape index (κ3) is 2.26. The maximum Gasteiger partial charge on any atom is 0.143 e. The Labute approximate surface area is 131 Å². The number of hydrogen-bond acceptors (Lipinski definition) is 2. The highest BCUT2D eigenvalue weighted by Crippen LogP contribution is 2.33. The van der Waals surface area contributed by atoms with E-state index in [9.17, 15) is 0 Å². The van der Waals surface area contributed by atoms with Gasteiger partial charge in [0.05, 0.1) is 12.1 Å². The van der Waals surface area contributed by atoms with Crippen molar-refractivity contribution in [3.05, 3.63) is 42.5 Å². The van der Waals surface area contributed by atoms with E-state index >= 15 is 0 Å². The van der Waals surface area contributed by atoms with Crippen molar-refractivity contribution < 1.29 is 4.74 Å². The number of fused-ring (bicyclic) bond motifs is 3. The van der Waals surface area contributed by atoms with Crippen molar-refractivity contribution in [2.75, 3.05) is 26.2 Å². The van der Waals surface area contributed by atoms with Gasteiger partial charge in [0.25, 0.3) is 0 Å². The topological polar surface area (TPSA) is 17.4 Å². The summed E-state index contributed by atoms with van der Waals surface area (Å²) in [5.74, 6) is 1.000. The van der Waals surface area contributed by atoms with E-state index in [0.29, 0.717) is 0 Å². The van der Waals surface area contributed by atoms with Crippen molar-refractivity contribution >= 4 is 21.8 Å². The summed E-state index contributed by atoms with van der Waals surface area (Å²) in [6.07, 6.45) is 2.45. The highest BCUT2D eigenvalue weighted by atomic mass is 16.5. The molecule has 4 rings (SSSR count). The van der Waals surface area contributed by atoms with Crippen LogP contribution >= 0.6 is 0 Å². The number of likely N-dealkylation sites (tertiary alicyclic amines) is 1. The van der Waals surface area contributed by atoms with Gasteiger partial charge < -0.3 is 14.2 Å². The molecule has 0 unspecified atom stereocenters. The summed E-state index contributed by atoms with van der Waals surface area (Å²) < 4.78 is 8.35. The Hall–Kier alpha value is -2.00. The molecule has 1 fully saturated rings. The van der Waals surface area contributed by atoms with Gasteiger partial charge in [-0.3, -0.25) is 0 Å². The summed E-state index contributed by atoms with van der Waals surface area (Å²) in [6.45, 7) is 4.47. The van der Waals surface area contributed by atoms with Crippen LogP contribution in [0.25, 0.3) is 21.8 Å². The standard InChI is InChI=1S/C19H22N2O/c1-20-17-9-3-2-7-15(17)16-8-4-10-18(19(16)20)22-14-6-13-21-11-5-12-21/h2-4,7-10H,5-6,11-14H2,1H3. The molecule has 1 saturated heterocycles. The summed E-state index contributed by atoms with van der Waals surface area (Å²) in [7, 11) is 2.12. The molecule has 1 aliphatic rings. The largest absolute Gasteiger partial charge is 0.491 e. The Kier molecular flexibility index (Phi) is 3.51. The molecule has 1 aliphatic heterocycles. The molecule has 0 atom stereocenters. The molecule has 0 radical (unpaired) electrons. The lowest BCUT2D eigenvalue weighted by molar-refractivity contribution is 0.165. The Morgan fingerprint density at radius 3 is 2.64 bits per heavy atom. The van der Waals surface area contributed by atoms with Crippen molar-refractivity contribution in [3.63, 3.8) is 0 Å². The van der Waals surface area contributed by atoms with Crippen molar-refractivity contribution in [3.8, 4) is 5.75 Å². The Balaban J connectivity index is 1.60. The van der Waals surface area contributed by atoms with Gasteiger partial charge in [0.15, 0.2) is 0 Å². The lowest BCUT2D eigenvalue weighted by Crippen LogP contribution is -2.38. The molecule has 0 aliphatic carbocycles. The van der Waals surface area contributed by atoms with Crippen LogP contribution in [-0.4, -0.2) is 35.7 Å². The average Bonchev–Trinajstić information content (AvgIpc) is 2.80.